The van der Waals surface area contributed by atoms with Crippen molar-refractivity contribution in [2.75, 3.05) is 6.61 Å². The van der Waals surface area contributed by atoms with Crippen molar-refractivity contribution in [2.45, 2.75) is 20.0 Å². The highest BCUT2D eigenvalue weighted by Gasteiger charge is 2.40. The average molecular weight is 519 g/mol. The van der Waals surface area contributed by atoms with Crippen LogP contribution in [0.5, 0.6) is 23.0 Å². The number of alkyl halides is 3. The number of fused-ring (bicyclic) bond motifs is 1. The average Bonchev–Trinajstić information content (AvgIpc) is 2.79. The summed E-state index contributed by atoms with van der Waals surface area (Å²) in [4.78, 5) is 25.1. The lowest BCUT2D eigenvalue weighted by molar-refractivity contribution is -0.154. The Morgan fingerprint density at radius 3 is 2.19 bits per heavy atom. The van der Waals surface area contributed by atoms with Crippen molar-refractivity contribution in [3.8, 4) is 23.0 Å². The topological polar surface area (TPSA) is 75.0 Å². The van der Waals surface area contributed by atoms with Crippen LogP contribution in [0.25, 0.3) is 11.0 Å². The minimum Gasteiger partial charge on any atom is -0.482 e. The molecule has 0 aliphatic heterocycles. The molecule has 0 unspecified atom stereocenters. The third kappa shape index (κ3) is 5.80. The van der Waals surface area contributed by atoms with Gasteiger partial charge >= 0.3 is 12.1 Å². The first-order valence-corrected chi connectivity index (χ1v) is 10.9. The summed E-state index contributed by atoms with van der Waals surface area (Å²) >= 11 is 5.79. The minimum absolute atomic E-state index is 0.0656. The van der Waals surface area contributed by atoms with Gasteiger partial charge in [0.05, 0.1) is 5.39 Å². The fraction of sp³-hybridized carbons (Fsp3) is 0.154. The van der Waals surface area contributed by atoms with Crippen molar-refractivity contribution in [1.82, 2.24) is 0 Å². The van der Waals surface area contributed by atoms with E-state index in [9.17, 15) is 22.8 Å². The van der Waals surface area contributed by atoms with E-state index in [1.165, 1.54) is 24.3 Å². The van der Waals surface area contributed by atoms with Crippen LogP contribution in [0, 0.1) is 13.8 Å². The standard InChI is InChI=1S/C26H18ClF3O6/c1-14-9-15(2)11-19(10-14)35-24-23(32)20-8-7-18(12-21(20)36-25(24)26(28,29)30)34-22(31)13-33-17-5-3-16(27)4-6-17/h3-12H,13H2,1-2H3. The highest BCUT2D eigenvalue weighted by atomic mass is 35.5. The van der Waals surface area contributed by atoms with Gasteiger partial charge in [-0.05, 0) is 73.5 Å². The quantitative estimate of drug-likeness (QED) is 0.205. The van der Waals surface area contributed by atoms with Gasteiger partial charge in [-0.3, -0.25) is 4.79 Å². The van der Waals surface area contributed by atoms with Crippen LogP contribution in [0.2, 0.25) is 5.02 Å². The van der Waals surface area contributed by atoms with Crippen molar-refractivity contribution < 1.29 is 36.6 Å². The Bertz CT molecular complexity index is 1470. The van der Waals surface area contributed by atoms with Crippen LogP contribution in [-0.2, 0) is 11.0 Å². The largest absolute Gasteiger partial charge is 0.482 e. The summed E-state index contributed by atoms with van der Waals surface area (Å²) < 4.78 is 62.2. The summed E-state index contributed by atoms with van der Waals surface area (Å²) in [5.41, 5.74) is 0.0428. The molecule has 4 rings (SSSR count). The maximum absolute atomic E-state index is 13.8. The van der Waals surface area contributed by atoms with Gasteiger partial charge in [0, 0.05) is 11.1 Å². The Morgan fingerprint density at radius 2 is 1.56 bits per heavy atom. The van der Waals surface area contributed by atoms with Gasteiger partial charge in [0.1, 0.15) is 22.8 Å². The third-order valence-electron chi connectivity index (χ3n) is 4.90. The lowest BCUT2D eigenvalue weighted by Gasteiger charge is -2.14. The summed E-state index contributed by atoms with van der Waals surface area (Å²) in [7, 11) is 0. The Hall–Kier alpha value is -3.98. The second-order valence-electron chi connectivity index (χ2n) is 7.89. The first-order valence-electron chi connectivity index (χ1n) is 10.5. The molecule has 0 radical (unpaired) electrons. The molecule has 1 heterocycles. The summed E-state index contributed by atoms with van der Waals surface area (Å²) in [5, 5.41) is 0.308. The number of carbonyl (C=O) groups is 1. The fourth-order valence-corrected chi connectivity index (χ4v) is 3.57. The summed E-state index contributed by atoms with van der Waals surface area (Å²) in [6, 6.07) is 14.5. The van der Waals surface area contributed by atoms with Crippen molar-refractivity contribution in [2.24, 2.45) is 0 Å². The molecule has 0 saturated carbocycles. The van der Waals surface area contributed by atoms with E-state index >= 15 is 0 Å². The zero-order valence-electron chi connectivity index (χ0n) is 18.9. The Kier molecular flexibility index (Phi) is 6.94. The first-order chi connectivity index (χ1) is 17.0. The van der Waals surface area contributed by atoms with Crippen LogP contribution in [-0.4, -0.2) is 12.6 Å². The molecule has 0 N–H and O–H groups in total. The summed E-state index contributed by atoms with van der Waals surface area (Å²) in [5.74, 6) is -3.11. The number of rotatable bonds is 6. The second kappa shape index (κ2) is 9.94. The van der Waals surface area contributed by atoms with E-state index in [2.05, 4.69) is 0 Å². The lowest BCUT2D eigenvalue weighted by Crippen LogP contribution is -2.18. The van der Waals surface area contributed by atoms with E-state index in [0.717, 1.165) is 17.2 Å². The van der Waals surface area contributed by atoms with Gasteiger partial charge in [0.15, 0.2) is 6.61 Å². The minimum atomic E-state index is -5.03. The molecule has 0 spiro atoms. The van der Waals surface area contributed by atoms with Crippen molar-refractivity contribution in [3.63, 3.8) is 0 Å². The van der Waals surface area contributed by atoms with Gasteiger partial charge in [-0.2, -0.15) is 13.2 Å². The van der Waals surface area contributed by atoms with Gasteiger partial charge in [-0.25, -0.2) is 4.79 Å². The van der Waals surface area contributed by atoms with Gasteiger partial charge in [-0.15, -0.1) is 0 Å². The van der Waals surface area contributed by atoms with Crippen LogP contribution in [0.1, 0.15) is 16.9 Å². The predicted molar refractivity (Wildman–Crippen MR) is 126 cm³/mol. The molecular formula is C26H18ClF3O6. The van der Waals surface area contributed by atoms with Crippen molar-refractivity contribution >= 4 is 28.5 Å². The molecular weight excluding hydrogens is 501 g/mol. The van der Waals surface area contributed by atoms with Crippen LogP contribution in [0.15, 0.2) is 69.9 Å². The molecule has 0 aliphatic carbocycles. The highest BCUT2D eigenvalue weighted by molar-refractivity contribution is 6.30. The van der Waals surface area contributed by atoms with E-state index in [0.29, 0.717) is 10.8 Å². The number of aryl methyl sites for hydroxylation is 2. The van der Waals surface area contributed by atoms with Crippen LogP contribution >= 0.6 is 11.6 Å². The van der Waals surface area contributed by atoms with E-state index in [4.69, 9.17) is 30.2 Å². The Morgan fingerprint density at radius 1 is 0.917 bits per heavy atom. The van der Waals surface area contributed by atoms with E-state index < -0.39 is 41.3 Å². The maximum Gasteiger partial charge on any atom is 0.453 e. The smallest absolute Gasteiger partial charge is 0.453 e. The molecule has 0 aliphatic rings. The van der Waals surface area contributed by atoms with Gasteiger partial charge in [0.25, 0.3) is 5.76 Å². The van der Waals surface area contributed by atoms with Crippen molar-refractivity contribution in [3.05, 3.63) is 92.8 Å². The van der Waals surface area contributed by atoms with Crippen molar-refractivity contribution in [1.29, 1.82) is 0 Å². The molecule has 4 aromatic rings. The summed E-state index contributed by atoms with van der Waals surface area (Å²) in [6.45, 7) is 3.02. The van der Waals surface area contributed by atoms with Crippen LogP contribution in [0.4, 0.5) is 13.2 Å². The normalized spacial score (nSPS) is 11.4. The molecule has 1 aromatic heterocycles. The monoisotopic (exact) mass is 518 g/mol. The van der Waals surface area contributed by atoms with Gasteiger partial charge in [-0.1, -0.05) is 17.7 Å². The maximum atomic E-state index is 13.8. The zero-order chi connectivity index (χ0) is 26.0. The molecule has 0 atom stereocenters. The molecule has 0 bridgehead atoms. The molecule has 36 heavy (non-hydrogen) atoms. The molecule has 186 valence electrons. The molecule has 0 amide bonds. The molecule has 0 saturated heterocycles. The van der Waals surface area contributed by atoms with E-state index in [-0.39, 0.29) is 16.9 Å². The van der Waals surface area contributed by atoms with Gasteiger partial charge in [0.2, 0.25) is 11.2 Å². The molecule has 0 fully saturated rings. The highest BCUT2D eigenvalue weighted by Crippen LogP contribution is 2.39. The Balaban J connectivity index is 1.62. The van der Waals surface area contributed by atoms with E-state index in [1.54, 1.807) is 38.1 Å². The number of halogens is 4. The van der Waals surface area contributed by atoms with Gasteiger partial charge < -0.3 is 18.6 Å². The Labute approximate surface area is 207 Å². The first kappa shape index (κ1) is 25.1. The SMILES string of the molecule is Cc1cc(C)cc(Oc2c(C(F)(F)F)oc3cc(OC(=O)COc4ccc(Cl)cc4)ccc3c2=O)c1. The number of carbonyl (C=O) groups excluding carboxylic acids is 1. The van der Waals surface area contributed by atoms with Crippen LogP contribution in [0.3, 0.4) is 0 Å². The number of hydrogen-bond donors (Lipinski definition) is 0. The molecule has 10 heteroatoms. The number of ether oxygens (including phenoxy) is 3. The zero-order valence-corrected chi connectivity index (χ0v) is 19.7. The number of hydrogen-bond acceptors (Lipinski definition) is 6. The molecule has 3 aromatic carbocycles. The predicted octanol–water partition coefficient (Wildman–Crippen LogP) is 6.86. The van der Waals surface area contributed by atoms with Crippen LogP contribution < -0.4 is 19.6 Å². The third-order valence-corrected chi connectivity index (χ3v) is 5.15. The lowest BCUT2D eigenvalue weighted by atomic mass is 10.1. The molecule has 6 nitrogen and oxygen atoms in total. The fourth-order valence-electron chi connectivity index (χ4n) is 3.44. The summed E-state index contributed by atoms with van der Waals surface area (Å²) in [6.07, 6.45) is -5.03. The number of esters is 1. The second-order valence-corrected chi connectivity index (χ2v) is 8.32. The van der Waals surface area contributed by atoms with E-state index in [1.807, 2.05) is 6.07 Å². The number of benzene rings is 3.